The highest BCUT2D eigenvalue weighted by Crippen LogP contribution is 2.28. The van der Waals surface area contributed by atoms with Gasteiger partial charge in [-0.25, -0.2) is 0 Å². The van der Waals surface area contributed by atoms with Crippen LogP contribution in [0.4, 0.5) is 5.69 Å². The van der Waals surface area contributed by atoms with Gasteiger partial charge in [0.05, 0.1) is 11.4 Å². The molecule has 1 aromatic heterocycles. The number of benzene rings is 2. The monoisotopic (exact) mass is 279 g/mol. The summed E-state index contributed by atoms with van der Waals surface area (Å²) in [6.07, 6.45) is 0. The summed E-state index contributed by atoms with van der Waals surface area (Å²) in [7, 11) is 0. The Morgan fingerprint density at radius 2 is 1.90 bits per heavy atom. The van der Waals surface area contributed by atoms with E-state index in [0.717, 1.165) is 28.3 Å². The van der Waals surface area contributed by atoms with E-state index in [-0.39, 0.29) is 0 Å². The number of anilines is 1. The molecule has 0 aliphatic heterocycles. The first-order valence-corrected chi connectivity index (χ1v) is 6.81. The summed E-state index contributed by atoms with van der Waals surface area (Å²) in [4.78, 5) is 0. The van der Waals surface area contributed by atoms with Gasteiger partial charge in [-0.05, 0) is 24.6 Å². The van der Waals surface area contributed by atoms with Gasteiger partial charge < -0.3 is 10.5 Å². The lowest BCUT2D eigenvalue weighted by molar-refractivity contribution is 0.306. The zero-order chi connectivity index (χ0) is 14.7. The van der Waals surface area contributed by atoms with Crippen molar-refractivity contribution in [1.82, 2.24) is 10.2 Å². The summed E-state index contributed by atoms with van der Waals surface area (Å²) in [5, 5.41) is 7.14. The smallest absolute Gasteiger partial charge is 0.120 e. The number of H-pyrrole nitrogens is 1. The van der Waals surface area contributed by atoms with E-state index in [0.29, 0.717) is 12.3 Å². The van der Waals surface area contributed by atoms with Gasteiger partial charge in [0.1, 0.15) is 18.1 Å². The van der Waals surface area contributed by atoms with E-state index in [9.17, 15) is 0 Å². The molecule has 21 heavy (non-hydrogen) atoms. The molecule has 0 aliphatic carbocycles. The van der Waals surface area contributed by atoms with E-state index >= 15 is 0 Å². The Kier molecular flexibility index (Phi) is 3.60. The van der Waals surface area contributed by atoms with Crippen molar-refractivity contribution in [2.45, 2.75) is 13.5 Å². The third kappa shape index (κ3) is 2.89. The Morgan fingerprint density at radius 3 is 2.62 bits per heavy atom. The molecule has 0 unspecified atom stereocenters. The van der Waals surface area contributed by atoms with Crippen LogP contribution in [0.1, 0.15) is 11.3 Å². The average molecular weight is 279 g/mol. The number of hydrogen-bond donors (Lipinski definition) is 2. The van der Waals surface area contributed by atoms with Crippen molar-refractivity contribution < 1.29 is 4.74 Å². The third-order valence-electron chi connectivity index (χ3n) is 3.35. The number of aromatic amines is 1. The Hall–Kier alpha value is -2.75. The van der Waals surface area contributed by atoms with E-state index < -0.39 is 0 Å². The minimum Gasteiger partial charge on any atom is -0.489 e. The van der Waals surface area contributed by atoms with Crippen molar-refractivity contribution in [3.63, 3.8) is 0 Å². The minimum absolute atomic E-state index is 0.541. The van der Waals surface area contributed by atoms with E-state index in [2.05, 4.69) is 10.2 Å². The summed E-state index contributed by atoms with van der Waals surface area (Å²) in [5.41, 5.74) is 10.4. The maximum Gasteiger partial charge on any atom is 0.120 e. The normalized spacial score (nSPS) is 10.5. The first kappa shape index (κ1) is 13.2. The summed E-state index contributed by atoms with van der Waals surface area (Å²) in [6.45, 7) is 2.45. The molecule has 0 aliphatic rings. The second-order valence-electron chi connectivity index (χ2n) is 4.91. The maximum absolute atomic E-state index is 6.02. The highest BCUT2D eigenvalue weighted by Gasteiger charge is 2.09. The summed E-state index contributed by atoms with van der Waals surface area (Å²) < 4.78 is 5.82. The molecule has 0 amide bonds. The van der Waals surface area contributed by atoms with E-state index in [1.165, 1.54) is 0 Å². The number of aromatic nitrogens is 2. The van der Waals surface area contributed by atoms with Gasteiger partial charge in [-0.2, -0.15) is 5.10 Å². The van der Waals surface area contributed by atoms with E-state index in [1.807, 2.05) is 61.5 Å². The quantitative estimate of drug-likeness (QED) is 0.767. The predicted molar refractivity (Wildman–Crippen MR) is 83.9 cm³/mol. The number of nitrogens with one attached hydrogen (secondary N) is 1. The number of hydrogen-bond acceptors (Lipinski definition) is 3. The molecule has 0 bridgehead atoms. The number of rotatable bonds is 4. The summed E-state index contributed by atoms with van der Waals surface area (Å²) in [6, 6.07) is 17.9. The van der Waals surface area contributed by atoms with Crippen LogP contribution in [0.3, 0.4) is 0 Å². The first-order valence-electron chi connectivity index (χ1n) is 6.81. The van der Waals surface area contributed by atoms with Crippen LogP contribution in [0.2, 0.25) is 0 Å². The lowest BCUT2D eigenvalue weighted by atomic mass is 10.1. The first-order chi connectivity index (χ1) is 10.2. The van der Waals surface area contributed by atoms with E-state index in [1.54, 1.807) is 0 Å². The van der Waals surface area contributed by atoms with Crippen molar-refractivity contribution in [2.75, 3.05) is 5.73 Å². The van der Waals surface area contributed by atoms with Crippen LogP contribution < -0.4 is 10.5 Å². The van der Waals surface area contributed by atoms with Gasteiger partial charge in [0.25, 0.3) is 0 Å². The van der Waals surface area contributed by atoms with Crippen LogP contribution in [0, 0.1) is 6.92 Å². The Balaban J connectivity index is 1.79. The highest BCUT2D eigenvalue weighted by molar-refractivity contribution is 5.74. The van der Waals surface area contributed by atoms with Gasteiger partial charge in [-0.15, -0.1) is 0 Å². The predicted octanol–water partition coefficient (Wildman–Crippen LogP) is 3.55. The van der Waals surface area contributed by atoms with Crippen LogP contribution in [-0.2, 0) is 6.61 Å². The second kappa shape index (κ2) is 5.71. The van der Waals surface area contributed by atoms with Gasteiger partial charge in [0.15, 0.2) is 0 Å². The molecule has 0 saturated carbocycles. The molecule has 3 N–H and O–H groups in total. The lowest BCUT2D eigenvalue weighted by Gasteiger charge is -2.07. The second-order valence-corrected chi connectivity index (χ2v) is 4.91. The molecule has 106 valence electrons. The van der Waals surface area contributed by atoms with Crippen LogP contribution in [-0.4, -0.2) is 10.2 Å². The minimum atomic E-state index is 0.541. The molecule has 0 atom stereocenters. The number of aryl methyl sites for hydroxylation is 1. The van der Waals surface area contributed by atoms with Gasteiger partial charge in [0, 0.05) is 5.56 Å². The molecule has 0 fully saturated rings. The molecule has 3 aromatic rings. The zero-order valence-electron chi connectivity index (χ0n) is 11.8. The van der Waals surface area contributed by atoms with Crippen molar-refractivity contribution in [2.24, 2.45) is 0 Å². The van der Waals surface area contributed by atoms with Gasteiger partial charge >= 0.3 is 0 Å². The maximum atomic E-state index is 6.02. The molecule has 4 heteroatoms. The fourth-order valence-corrected chi connectivity index (χ4v) is 2.13. The van der Waals surface area contributed by atoms with Crippen LogP contribution in [0.25, 0.3) is 11.3 Å². The molecule has 2 aromatic carbocycles. The van der Waals surface area contributed by atoms with Crippen molar-refractivity contribution in [1.29, 1.82) is 0 Å². The Labute approximate surface area is 123 Å². The van der Waals surface area contributed by atoms with Crippen molar-refractivity contribution in [3.05, 3.63) is 65.9 Å². The Morgan fingerprint density at radius 1 is 1.10 bits per heavy atom. The summed E-state index contributed by atoms with van der Waals surface area (Å²) in [5.74, 6) is 0.802. The van der Waals surface area contributed by atoms with Crippen molar-refractivity contribution >= 4 is 5.69 Å². The highest BCUT2D eigenvalue weighted by atomic mass is 16.5. The van der Waals surface area contributed by atoms with Crippen LogP contribution >= 0.6 is 0 Å². The number of nitrogens with zero attached hydrogens (tertiary/aromatic N) is 1. The zero-order valence-corrected chi connectivity index (χ0v) is 11.8. The van der Waals surface area contributed by atoms with Crippen LogP contribution in [0.15, 0.2) is 54.6 Å². The third-order valence-corrected chi connectivity index (χ3v) is 3.35. The summed E-state index contributed by atoms with van der Waals surface area (Å²) >= 11 is 0. The SMILES string of the molecule is Cc1[nH]nc(-c2cccc(OCc3ccccc3)c2)c1N. The molecule has 1 heterocycles. The number of nitrogen functional groups attached to an aromatic ring is 1. The largest absolute Gasteiger partial charge is 0.489 e. The number of nitrogens with two attached hydrogens (primary N) is 1. The number of ether oxygens (including phenoxy) is 1. The fourth-order valence-electron chi connectivity index (χ4n) is 2.13. The topological polar surface area (TPSA) is 63.9 Å². The van der Waals surface area contributed by atoms with E-state index in [4.69, 9.17) is 10.5 Å². The Bertz CT molecular complexity index is 735. The van der Waals surface area contributed by atoms with Gasteiger partial charge in [0.2, 0.25) is 0 Å². The standard InChI is InChI=1S/C17H17N3O/c1-12-16(18)17(20-19-12)14-8-5-9-15(10-14)21-11-13-6-3-2-4-7-13/h2-10H,11,18H2,1H3,(H,19,20). The average Bonchev–Trinajstić information content (AvgIpc) is 2.86. The fraction of sp³-hybridized carbons (Fsp3) is 0.118. The van der Waals surface area contributed by atoms with Crippen LogP contribution in [0.5, 0.6) is 5.75 Å². The molecule has 4 nitrogen and oxygen atoms in total. The molecule has 0 spiro atoms. The molecule has 3 rings (SSSR count). The molecule has 0 radical (unpaired) electrons. The van der Waals surface area contributed by atoms with Crippen molar-refractivity contribution in [3.8, 4) is 17.0 Å². The van der Waals surface area contributed by atoms with Gasteiger partial charge in [-0.3, -0.25) is 5.10 Å². The molecule has 0 saturated heterocycles. The lowest BCUT2D eigenvalue weighted by Crippen LogP contribution is -1.95. The molecular weight excluding hydrogens is 262 g/mol. The van der Waals surface area contributed by atoms with Gasteiger partial charge in [-0.1, -0.05) is 42.5 Å². The molecular formula is C17H17N3O.